The monoisotopic (exact) mass is 366 g/mol. The lowest BCUT2D eigenvalue weighted by molar-refractivity contribution is 0.0824. The summed E-state index contributed by atoms with van der Waals surface area (Å²) in [6.45, 7) is 5.51. The van der Waals surface area contributed by atoms with Crippen LogP contribution in [0.15, 0.2) is 78.9 Å². The summed E-state index contributed by atoms with van der Waals surface area (Å²) in [5.74, 6) is 1.64. The van der Waals surface area contributed by atoms with E-state index in [9.17, 15) is 0 Å². The smallest absolute Gasteiger partial charge is 0.127 e. The highest BCUT2D eigenvalue weighted by Crippen LogP contribution is 2.26. The SMILES string of the molecule is CC(C)(COCc1cccc(Oc2ccccc2)c1)c1ccc(Cl)cc1. The van der Waals surface area contributed by atoms with Crippen LogP contribution in [0.5, 0.6) is 11.5 Å². The lowest BCUT2D eigenvalue weighted by Gasteiger charge is -2.25. The molecule has 2 nitrogen and oxygen atoms in total. The molecule has 0 aliphatic heterocycles. The fraction of sp³-hybridized carbons (Fsp3) is 0.217. The summed E-state index contributed by atoms with van der Waals surface area (Å²) < 4.78 is 11.9. The molecule has 3 aromatic carbocycles. The summed E-state index contributed by atoms with van der Waals surface area (Å²) in [7, 11) is 0. The predicted octanol–water partition coefficient (Wildman–Crippen LogP) is 6.63. The van der Waals surface area contributed by atoms with Crippen molar-refractivity contribution in [3.8, 4) is 11.5 Å². The number of para-hydroxylation sites is 1. The van der Waals surface area contributed by atoms with E-state index in [0.717, 1.165) is 22.1 Å². The predicted molar refractivity (Wildman–Crippen MR) is 107 cm³/mol. The molecule has 0 fully saturated rings. The molecule has 0 atom stereocenters. The van der Waals surface area contributed by atoms with Crippen molar-refractivity contribution < 1.29 is 9.47 Å². The highest BCUT2D eigenvalue weighted by molar-refractivity contribution is 6.30. The molecular weight excluding hydrogens is 344 g/mol. The van der Waals surface area contributed by atoms with E-state index in [-0.39, 0.29) is 5.41 Å². The molecule has 0 bridgehead atoms. The van der Waals surface area contributed by atoms with Crippen molar-refractivity contribution in [1.29, 1.82) is 0 Å². The maximum absolute atomic E-state index is 5.99. The maximum atomic E-state index is 5.99. The quantitative estimate of drug-likeness (QED) is 0.467. The number of ether oxygens (including phenoxy) is 2. The molecule has 3 aromatic rings. The molecular formula is C23H23ClO2. The van der Waals surface area contributed by atoms with Crippen molar-refractivity contribution in [1.82, 2.24) is 0 Å². The average Bonchev–Trinajstić information content (AvgIpc) is 2.63. The van der Waals surface area contributed by atoms with Crippen LogP contribution in [0.4, 0.5) is 0 Å². The Hall–Kier alpha value is -2.29. The Morgan fingerprint density at radius 3 is 2.23 bits per heavy atom. The standard InChI is InChI=1S/C23H23ClO2/c1-23(2,19-11-13-20(24)14-12-19)17-25-16-18-7-6-10-22(15-18)26-21-8-4-3-5-9-21/h3-15H,16-17H2,1-2H3. The Morgan fingerprint density at radius 2 is 1.50 bits per heavy atom. The molecule has 0 radical (unpaired) electrons. The molecule has 134 valence electrons. The highest BCUT2D eigenvalue weighted by atomic mass is 35.5. The third kappa shape index (κ3) is 5.10. The van der Waals surface area contributed by atoms with E-state index in [1.165, 1.54) is 5.56 Å². The van der Waals surface area contributed by atoms with Crippen LogP contribution in [-0.2, 0) is 16.8 Å². The Labute approximate surface area is 160 Å². The van der Waals surface area contributed by atoms with Crippen LogP contribution in [0.25, 0.3) is 0 Å². The van der Waals surface area contributed by atoms with Gasteiger partial charge >= 0.3 is 0 Å². The number of hydrogen-bond acceptors (Lipinski definition) is 2. The second kappa shape index (κ2) is 8.39. The zero-order valence-corrected chi connectivity index (χ0v) is 15.9. The van der Waals surface area contributed by atoms with Gasteiger partial charge in [0.25, 0.3) is 0 Å². The minimum absolute atomic E-state index is 0.0806. The van der Waals surface area contributed by atoms with E-state index in [4.69, 9.17) is 21.1 Å². The lowest BCUT2D eigenvalue weighted by Crippen LogP contribution is -2.24. The van der Waals surface area contributed by atoms with Crippen molar-refractivity contribution in [3.05, 3.63) is 95.0 Å². The Kier molecular flexibility index (Phi) is 5.97. The van der Waals surface area contributed by atoms with Gasteiger partial charge in [0.2, 0.25) is 0 Å². The first-order chi connectivity index (χ1) is 12.5. The normalized spacial score (nSPS) is 11.3. The topological polar surface area (TPSA) is 18.5 Å². The molecule has 3 rings (SSSR count). The molecule has 0 amide bonds. The zero-order chi connectivity index (χ0) is 18.4. The molecule has 0 saturated heterocycles. The van der Waals surface area contributed by atoms with Crippen molar-refractivity contribution >= 4 is 11.6 Å². The molecule has 0 unspecified atom stereocenters. The average molecular weight is 367 g/mol. The van der Waals surface area contributed by atoms with Gasteiger partial charge in [-0.25, -0.2) is 0 Å². The lowest BCUT2D eigenvalue weighted by atomic mass is 9.86. The van der Waals surface area contributed by atoms with Crippen LogP contribution in [0.3, 0.4) is 0 Å². The highest BCUT2D eigenvalue weighted by Gasteiger charge is 2.20. The summed E-state index contributed by atoms with van der Waals surface area (Å²) >= 11 is 5.98. The van der Waals surface area contributed by atoms with Crippen molar-refractivity contribution in [2.45, 2.75) is 25.9 Å². The van der Waals surface area contributed by atoms with Crippen LogP contribution in [0, 0.1) is 0 Å². The van der Waals surface area contributed by atoms with Crippen molar-refractivity contribution in [2.24, 2.45) is 0 Å². The van der Waals surface area contributed by atoms with Gasteiger partial charge in [0, 0.05) is 10.4 Å². The molecule has 3 heteroatoms. The van der Waals surface area contributed by atoms with Crippen molar-refractivity contribution in [3.63, 3.8) is 0 Å². The second-order valence-corrected chi connectivity index (χ2v) is 7.38. The van der Waals surface area contributed by atoms with E-state index in [0.29, 0.717) is 13.2 Å². The second-order valence-electron chi connectivity index (χ2n) is 6.95. The van der Waals surface area contributed by atoms with Gasteiger partial charge in [0.05, 0.1) is 13.2 Å². The molecule has 0 aromatic heterocycles. The summed E-state index contributed by atoms with van der Waals surface area (Å²) in [5.41, 5.74) is 2.22. The number of rotatable bonds is 7. The first-order valence-corrected chi connectivity index (χ1v) is 9.06. The number of halogens is 1. The summed E-state index contributed by atoms with van der Waals surface area (Å²) in [4.78, 5) is 0. The van der Waals surface area contributed by atoms with Gasteiger partial charge in [0.15, 0.2) is 0 Å². The van der Waals surface area contributed by atoms with Gasteiger partial charge in [-0.3, -0.25) is 0 Å². The Balaban J connectivity index is 1.58. The van der Waals surface area contributed by atoms with Gasteiger partial charge in [-0.05, 0) is 47.5 Å². The molecule has 0 spiro atoms. The zero-order valence-electron chi connectivity index (χ0n) is 15.1. The van der Waals surface area contributed by atoms with E-state index in [1.54, 1.807) is 0 Å². The van der Waals surface area contributed by atoms with Crippen LogP contribution in [0.2, 0.25) is 5.02 Å². The van der Waals surface area contributed by atoms with E-state index in [2.05, 4.69) is 26.0 Å². The Morgan fingerprint density at radius 1 is 0.808 bits per heavy atom. The third-order valence-electron chi connectivity index (χ3n) is 4.23. The number of hydrogen-bond donors (Lipinski definition) is 0. The first-order valence-electron chi connectivity index (χ1n) is 8.69. The first kappa shape index (κ1) is 18.5. The van der Waals surface area contributed by atoms with Gasteiger partial charge in [-0.2, -0.15) is 0 Å². The summed E-state index contributed by atoms with van der Waals surface area (Å²) in [6.07, 6.45) is 0. The molecule has 0 aliphatic rings. The Bertz CT molecular complexity index is 826. The molecule has 0 heterocycles. The summed E-state index contributed by atoms with van der Waals surface area (Å²) in [6, 6.07) is 25.7. The van der Waals surface area contributed by atoms with Crippen LogP contribution in [-0.4, -0.2) is 6.61 Å². The van der Waals surface area contributed by atoms with E-state index >= 15 is 0 Å². The molecule has 0 N–H and O–H groups in total. The maximum Gasteiger partial charge on any atom is 0.127 e. The number of benzene rings is 3. The van der Waals surface area contributed by atoms with Crippen LogP contribution >= 0.6 is 11.6 Å². The van der Waals surface area contributed by atoms with Crippen LogP contribution in [0.1, 0.15) is 25.0 Å². The van der Waals surface area contributed by atoms with Crippen molar-refractivity contribution in [2.75, 3.05) is 6.61 Å². The van der Waals surface area contributed by atoms with Gasteiger partial charge < -0.3 is 9.47 Å². The fourth-order valence-electron chi connectivity index (χ4n) is 2.73. The van der Waals surface area contributed by atoms with E-state index in [1.807, 2.05) is 66.7 Å². The van der Waals surface area contributed by atoms with Gasteiger partial charge in [-0.15, -0.1) is 0 Å². The minimum Gasteiger partial charge on any atom is -0.457 e. The minimum atomic E-state index is -0.0806. The molecule has 0 aliphatic carbocycles. The fourth-order valence-corrected chi connectivity index (χ4v) is 2.86. The summed E-state index contributed by atoms with van der Waals surface area (Å²) in [5, 5.41) is 0.751. The molecule has 26 heavy (non-hydrogen) atoms. The largest absolute Gasteiger partial charge is 0.457 e. The molecule has 0 saturated carbocycles. The van der Waals surface area contributed by atoms with Crippen LogP contribution < -0.4 is 4.74 Å². The van der Waals surface area contributed by atoms with Gasteiger partial charge in [0.1, 0.15) is 11.5 Å². The van der Waals surface area contributed by atoms with E-state index < -0.39 is 0 Å². The third-order valence-corrected chi connectivity index (χ3v) is 4.49. The van der Waals surface area contributed by atoms with Gasteiger partial charge in [-0.1, -0.05) is 67.9 Å².